The first-order chi connectivity index (χ1) is 12.0. The molecule has 132 valence electrons. The van der Waals surface area contributed by atoms with Crippen molar-refractivity contribution in [3.8, 4) is 5.82 Å². The standard InChI is InChI=1S/C20H24N2O3/c1-5-8-25-19(13-24)17(12-23)11-18-9-14(2)10-20(21-18)22-15(3)6-7-16(22)4/h5-7,9-10,12-13,17,19H,1,8,11H2,2-4H3/t17-,19+/m1/s1. The molecule has 2 aromatic rings. The third kappa shape index (κ3) is 4.51. The van der Waals surface area contributed by atoms with Gasteiger partial charge in [0.1, 0.15) is 24.5 Å². The third-order valence-electron chi connectivity index (χ3n) is 4.09. The lowest BCUT2D eigenvalue weighted by Crippen LogP contribution is -2.29. The summed E-state index contributed by atoms with van der Waals surface area (Å²) in [5.41, 5.74) is 3.99. The van der Waals surface area contributed by atoms with Crippen LogP contribution in [0.2, 0.25) is 0 Å². The first-order valence-corrected chi connectivity index (χ1v) is 8.26. The topological polar surface area (TPSA) is 61.2 Å². The number of pyridine rings is 1. The van der Waals surface area contributed by atoms with E-state index in [-0.39, 0.29) is 6.61 Å². The van der Waals surface area contributed by atoms with Gasteiger partial charge >= 0.3 is 0 Å². The minimum Gasteiger partial charge on any atom is -0.366 e. The lowest BCUT2D eigenvalue weighted by Gasteiger charge is -2.18. The molecule has 0 fully saturated rings. The highest BCUT2D eigenvalue weighted by Crippen LogP contribution is 2.19. The molecule has 25 heavy (non-hydrogen) atoms. The number of carbonyl (C=O) groups excluding carboxylic acids is 2. The minimum absolute atomic E-state index is 0.224. The van der Waals surface area contributed by atoms with E-state index < -0.39 is 12.0 Å². The van der Waals surface area contributed by atoms with E-state index in [1.54, 1.807) is 6.08 Å². The van der Waals surface area contributed by atoms with Crippen molar-refractivity contribution in [3.63, 3.8) is 0 Å². The van der Waals surface area contributed by atoms with Crippen LogP contribution in [0.1, 0.15) is 22.6 Å². The summed E-state index contributed by atoms with van der Waals surface area (Å²) in [6.45, 7) is 9.82. The number of carbonyl (C=O) groups is 2. The summed E-state index contributed by atoms with van der Waals surface area (Å²) in [6.07, 6.45) is 2.53. The number of aromatic nitrogens is 2. The summed E-state index contributed by atoms with van der Waals surface area (Å²) in [5, 5.41) is 0. The van der Waals surface area contributed by atoms with Crippen LogP contribution in [0.15, 0.2) is 36.9 Å². The quantitative estimate of drug-likeness (QED) is 0.520. The van der Waals surface area contributed by atoms with Gasteiger partial charge in [-0.25, -0.2) is 4.98 Å². The van der Waals surface area contributed by atoms with Gasteiger partial charge in [0, 0.05) is 23.5 Å². The molecule has 0 bridgehead atoms. The first-order valence-electron chi connectivity index (χ1n) is 8.26. The number of rotatable bonds is 9. The molecule has 2 atom stereocenters. The molecule has 5 nitrogen and oxygen atoms in total. The van der Waals surface area contributed by atoms with E-state index in [0.717, 1.165) is 34.7 Å². The van der Waals surface area contributed by atoms with Crippen molar-refractivity contribution in [3.05, 3.63) is 59.6 Å². The summed E-state index contributed by atoms with van der Waals surface area (Å²) >= 11 is 0. The Hall–Kier alpha value is -2.53. The number of aryl methyl sites for hydroxylation is 3. The highest BCUT2D eigenvalue weighted by molar-refractivity contribution is 5.67. The number of hydrogen-bond donors (Lipinski definition) is 0. The maximum Gasteiger partial charge on any atom is 0.149 e. The molecule has 0 unspecified atom stereocenters. The van der Waals surface area contributed by atoms with Crippen LogP contribution in [0.25, 0.3) is 5.82 Å². The second-order valence-electron chi connectivity index (χ2n) is 6.17. The second-order valence-corrected chi connectivity index (χ2v) is 6.17. The van der Waals surface area contributed by atoms with Crippen molar-refractivity contribution in [1.29, 1.82) is 0 Å². The van der Waals surface area contributed by atoms with E-state index >= 15 is 0 Å². The summed E-state index contributed by atoms with van der Waals surface area (Å²) < 4.78 is 7.45. The van der Waals surface area contributed by atoms with Crippen LogP contribution in [0.3, 0.4) is 0 Å². The molecule has 2 aromatic heterocycles. The molecule has 0 aliphatic carbocycles. The van der Waals surface area contributed by atoms with Crippen molar-refractivity contribution in [2.75, 3.05) is 6.61 Å². The second kappa shape index (κ2) is 8.53. The minimum atomic E-state index is -0.795. The Bertz CT molecular complexity index is 745. The Morgan fingerprint density at radius 1 is 1.16 bits per heavy atom. The van der Waals surface area contributed by atoms with Gasteiger partial charge in [-0.3, -0.25) is 0 Å². The molecule has 0 spiro atoms. The Labute approximate surface area is 148 Å². The Morgan fingerprint density at radius 3 is 2.40 bits per heavy atom. The van der Waals surface area contributed by atoms with Crippen LogP contribution in [0.4, 0.5) is 0 Å². The van der Waals surface area contributed by atoms with E-state index in [0.29, 0.717) is 12.7 Å². The summed E-state index contributed by atoms with van der Waals surface area (Å²) in [5.74, 6) is 0.237. The van der Waals surface area contributed by atoms with Gasteiger partial charge in [0.2, 0.25) is 0 Å². The van der Waals surface area contributed by atoms with E-state index in [2.05, 4.69) is 11.1 Å². The Balaban J connectivity index is 2.31. The molecule has 2 rings (SSSR count). The van der Waals surface area contributed by atoms with Crippen LogP contribution in [-0.4, -0.2) is 34.8 Å². The maximum absolute atomic E-state index is 11.5. The fraction of sp³-hybridized carbons (Fsp3) is 0.350. The smallest absolute Gasteiger partial charge is 0.149 e. The average molecular weight is 340 g/mol. The molecule has 5 heteroatoms. The molecule has 0 saturated heterocycles. The lowest BCUT2D eigenvalue weighted by molar-refractivity contribution is -0.127. The van der Waals surface area contributed by atoms with Gasteiger partial charge in [0.15, 0.2) is 0 Å². The molecule has 0 saturated carbocycles. The number of hydrogen-bond acceptors (Lipinski definition) is 4. The molecule has 0 amide bonds. The van der Waals surface area contributed by atoms with Gasteiger partial charge in [0.05, 0.1) is 12.5 Å². The average Bonchev–Trinajstić information content (AvgIpc) is 2.92. The zero-order chi connectivity index (χ0) is 18.4. The van der Waals surface area contributed by atoms with Gasteiger partial charge in [-0.2, -0.15) is 0 Å². The van der Waals surface area contributed by atoms with Gasteiger partial charge in [-0.15, -0.1) is 6.58 Å². The van der Waals surface area contributed by atoms with Crippen LogP contribution in [0, 0.1) is 26.7 Å². The zero-order valence-corrected chi connectivity index (χ0v) is 14.9. The highest BCUT2D eigenvalue weighted by Gasteiger charge is 2.22. The summed E-state index contributed by atoms with van der Waals surface area (Å²) in [6, 6.07) is 8.02. The van der Waals surface area contributed by atoms with Crippen LogP contribution < -0.4 is 0 Å². The van der Waals surface area contributed by atoms with E-state index in [1.807, 2.05) is 45.0 Å². The van der Waals surface area contributed by atoms with E-state index in [4.69, 9.17) is 9.72 Å². The lowest BCUT2D eigenvalue weighted by atomic mass is 9.98. The van der Waals surface area contributed by atoms with E-state index in [1.165, 1.54) is 0 Å². The van der Waals surface area contributed by atoms with Gasteiger partial charge in [-0.05, 0) is 50.6 Å². The van der Waals surface area contributed by atoms with Crippen LogP contribution in [-0.2, 0) is 20.7 Å². The van der Waals surface area contributed by atoms with E-state index in [9.17, 15) is 9.59 Å². The van der Waals surface area contributed by atoms with Gasteiger partial charge in [0.25, 0.3) is 0 Å². The fourth-order valence-corrected chi connectivity index (χ4v) is 2.89. The molecule has 0 N–H and O–H groups in total. The summed E-state index contributed by atoms with van der Waals surface area (Å²) in [4.78, 5) is 27.4. The fourth-order valence-electron chi connectivity index (χ4n) is 2.89. The molecule has 2 heterocycles. The summed E-state index contributed by atoms with van der Waals surface area (Å²) in [7, 11) is 0. The Morgan fingerprint density at radius 2 is 1.84 bits per heavy atom. The van der Waals surface area contributed by atoms with Crippen molar-refractivity contribution in [2.45, 2.75) is 33.3 Å². The van der Waals surface area contributed by atoms with Crippen molar-refractivity contribution < 1.29 is 14.3 Å². The molecular weight excluding hydrogens is 316 g/mol. The van der Waals surface area contributed by atoms with Crippen LogP contribution >= 0.6 is 0 Å². The normalized spacial score (nSPS) is 13.2. The van der Waals surface area contributed by atoms with Crippen molar-refractivity contribution in [1.82, 2.24) is 9.55 Å². The third-order valence-corrected chi connectivity index (χ3v) is 4.09. The van der Waals surface area contributed by atoms with Crippen LogP contribution in [0.5, 0.6) is 0 Å². The first kappa shape index (κ1) is 18.8. The maximum atomic E-state index is 11.5. The molecular formula is C20H24N2O3. The molecule has 0 aliphatic heterocycles. The monoisotopic (exact) mass is 340 g/mol. The number of aldehydes is 2. The van der Waals surface area contributed by atoms with Crippen molar-refractivity contribution >= 4 is 12.6 Å². The largest absolute Gasteiger partial charge is 0.366 e. The van der Waals surface area contributed by atoms with Crippen molar-refractivity contribution in [2.24, 2.45) is 5.92 Å². The predicted molar refractivity (Wildman–Crippen MR) is 97.0 cm³/mol. The van der Waals surface area contributed by atoms with Gasteiger partial charge in [-0.1, -0.05) is 6.08 Å². The predicted octanol–water partition coefficient (Wildman–Crippen LogP) is 2.93. The Kier molecular flexibility index (Phi) is 6.42. The molecule has 0 radical (unpaired) electrons. The number of nitrogens with zero attached hydrogens (tertiary/aromatic N) is 2. The van der Waals surface area contributed by atoms with Gasteiger partial charge < -0.3 is 18.9 Å². The highest BCUT2D eigenvalue weighted by atomic mass is 16.5. The molecule has 0 aliphatic rings. The SMILES string of the molecule is C=CCO[C@@H](C=O)[C@@H](C=O)Cc1cc(C)cc(-n2c(C)ccc2C)n1. The zero-order valence-electron chi connectivity index (χ0n) is 14.9. The molecule has 0 aromatic carbocycles. The number of ether oxygens (including phenoxy) is 1.